The minimum Gasteiger partial charge on any atom is -0.468 e. The zero-order valence-corrected chi connectivity index (χ0v) is 10.5. The van der Waals surface area contributed by atoms with E-state index in [1.807, 2.05) is 0 Å². The van der Waals surface area contributed by atoms with Gasteiger partial charge in [0.05, 0.1) is 19.9 Å². The third-order valence-electron chi connectivity index (χ3n) is 1.89. The first-order chi connectivity index (χ1) is 8.69. The number of rotatable bonds is 5. The molecule has 0 atom stereocenters. The molecular formula is C7H10N8O2S. The third-order valence-corrected chi connectivity index (χ3v) is 2.84. The van der Waals surface area contributed by atoms with Crippen LogP contribution >= 0.6 is 11.8 Å². The summed E-state index contributed by atoms with van der Waals surface area (Å²) in [6.45, 7) is -0.0280. The maximum absolute atomic E-state index is 11.1. The number of hydrogen-bond acceptors (Lipinski definition) is 9. The summed E-state index contributed by atoms with van der Waals surface area (Å²) in [5.74, 6) is 0.618. The number of hydrogen-bond donors (Lipinski definition) is 0. The average molecular weight is 270 g/mol. The molecule has 2 aromatic rings. The first-order valence-corrected chi connectivity index (χ1v) is 5.86. The standard InChI is InChI=1S/C7H10N8O2S/c1-14-10-5(8-12-14)4-18-7-9-11-13-15(7)3-6(16)17-2/h3-4H2,1-2H3. The quantitative estimate of drug-likeness (QED) is 0.481. The summed E-state index contributed by atoms with van der Waals surface area (Å²) in [6, 6.07) is 0. The van der Waals surface area contributed by atoms with Gasteiger partial charge in [0.1, 0.15) is 6.54 Å². The fourth-order valence-corrected chi connectivity index (χ4v) is 1.81. The second kappa shape index (κ2) is 5.53. The molecule has 96 valence electrons. The summed E-state index contributed by atoms with van der Waals surface area (Å²) in [6.07, 6.45) is 0. The summed E-state index contributed by atoms with van der Waals surface area (Å²) >= 11 is 1.31. The smallest absolute Gasteiger partial charge is 0.327 e. The van der Waals surface area contributed by atoms with Crippen molar-refractivity contribution < 1.29 is 9.53 Å². The van der Waals surface area contributed by atoms with Gasteiger partial charge >= 0.3 is 5.97 Å². The molecule has 2 rings (SSSR count). The Bertz CT molecular complexity index is 537. The van der Waals surface area contributed by atoms with Crippen molar-refractivity contribution in [1.29, 1.82) is 0 Å². The van der Waals surface area contributed by atoms with Crippen LogP contribution in [0.15, 0.2) is 5.16 Å². The molecule has 0 radical (unpaired) electrons. The van der Waals surface area contributed by atoms with Gasteiger partial charge in [-0.05, 0) is 15.6 Å². The molecular weight excluding hydrogens is 260 g/mol. The lowest BCUT2D eigenvalue weighted by Gasteiger charge is -2.01. The van der Waals surface area contributed by atoms with Gasteiger partial charge in [-0.25, -0.2) is 4.68 Å². The predicted molar refractivity (Wildman–Crippen MR) is 58.2 cm³/mol. The van der Waals surface area contributed by atoms with Crippen molar-refractivity contribution in [2.75, 3.05) is 7.11 Å². The summed E-state index contributed by atoms with van der Waals surface area (Å²) in [5, 5.41) is 23.1. The highest BCUT2D eigenvalue weighted by atomic mass is 32.2. The van der Waals surface area contributed by atoms with Crippen molar-refractivity contribution in [3.63, 3.8) is 0 Å². The SMILES string of the molecule is COC(=O)Cn1nnnc1SCc1nnn(C)n1. The Kier molecular flexibility index (Phi) is 3.82. The fourth-order valence-electron chi connectivity index (χ4n) is 1.10. The van der Waals surface area contributed by atoms with E-state index in [0.29, 0.717) is 16.7 Å². The molecule has 0 saturated heterocycles. The zero-order valence-electron chi connectivity index (χ0n) is 9.72. The van der Waals surface area contributed by atoms with Crippen molar-refractivity contribution >= 4 is 17.7 Å². The Morgan fingerprint density at radius 3 is 2.89 bits per heavy atom. The van der Waals surface area contributed by atoms with Gasteiger partial charge in [0.25, 0.3) is 0 Å². The van der Waals surface area contributed by atoms with Crippen molar-refractivity contribution in [1.82, 2.24) is 40.4 Å². The molecule has 0 aliphatic rings. The molecule has 0 amide bonds. The highest BCUT2D eigenvalue weighted by Crippen LogP contribution is 2.17. The van der Waals surface area contributed by atoms with Crippen LogP contribution in [0.3, 0.4) is 0 Å². The van der Waals surface area contributed by atoms with Crippen LogP contribution in [0.5, 0.6) is 0 Å². The van der Waals surface area contributed by atoms with Crippen LogP contribution in [-0.2, 0) is 28.9 Å². The van der Waals surface area contributed by atoms with Crippen LogP contribution in [-0.4, -0.2) is 53.5 Å². The maximum atomic E-state index is 11.1. The van der Waals surface area contributed by atoms with Crippen LogP contribution < -0.4 is 0 Å². The zero-order chi connectivity index (χ0) is 13.0. The highest BCUT2D eigenvalue weighted by Gasteiger charge is 2.12. The molecule has 0 spiro atoms. The molecule has 2 aromatic heterocycles. The topological polar surface area (TPSA) is 114 Å². The number of methoxy groups -OCH3 is 1. The van der Waals surface area contributed by atoms with E-state index >= 15 is 0 Å². The van der Waals surface area contributed by atoms with Gasteiger partial charge in [-0.2, -0.15) is 4.80 Å². The van der Waals surface area contributed by atoms with E-state index in [2.05, 4.69) is 35.7 Å². The second-order valence-electron chi connectivity index (χ2n) is 3.18. The molecule has 0 N–H and O–H groups in total. The van der Waals surface area contributed by atoms with Crippen molar-refractivity contribution in [2.24, 2.45) is 7.05 Å². The predicted octanol–water partition coefficient (Wildman–Crippen LogP) is -1.34. The number of tetrazole rings is 2. The van der Waals surface area contributed by atoms with E-state index in [1.54, 1.807) is 7.05 Å². The summed E-state index contributed by atoms with van der Waals surface area (Å²) in [7, 11) is 2.99. The van der Waals surface area contributed by atoms with Gasteiger partial charge in [-0.15, -0.1) is 15.3 Å². The van der Waals surface area contributed by atoms with E-state index in [-0.39, 0.29) is 6.54 Å². The molecule has 18 heavy (non-hydrogen) atoms. The first kappa shape index (κ1) is 12.4. The van der Waals surface area contributed by atoms with E-state index in [0.717, 1.165) is 0 Å². The fraction of sp³-hybridized carbons (Fsp3) is 0.571. The monoisotopic (exact) mass is 270 g/mol. The number of nitrogens with zero attached hydrogens (tertiary/aromatic N) is 8. The number of esters is 1. The average Bonchev–Trinajstić information content (AvgIpc) is 2.96. The van der Waals surface area contributed by atoms with Crippen LogP contribution in [0.1, 0.15) is 5.82 Å². The molecule has 2 heterocycles. The number of aromatic nitrogens is 8. The maximum Gasteiger partial charge on any atom is 0.327 e. The van der Waals surface area contributed by atoms with Gasteiger partial charge in [0.15, 0.2) is 5.82 Å². The molecule has 0 bridgehead atoms. The van der Waals surface area contributed by atoms with Crippen LogP contribution in [0.2, 0.25) is 0 Å². The lowest BCUT2D eigenvalue weighted by molar-refractivity contribution is -0.141. The number of aryl methyl sites for hydroxylation is 1. The lowest BCUT2D eigenvalue weighted by atomic mass is 10.7. The van der Waals surface area contributed by atoms with Gasteiger partial charge < -0.3 is 4.74 Å². The van der Waals surface area contributed by atoms with Crippen molar-refractivity contribution in [3.05, 3.63) is 5.82 Å². The summed E-state index contributed by atoms with van der Waals surface area (Å²) in [5.41, 5.74) is 0. The Morgan fingerprint density at radius 2 is 2.22 bits per heavy atom. The van der Waals surface area contributed by atoms with Gasteiger partial charge in [0.2, 0.25) is 5.16 Å². The lowest BCUT2D eigenvalue weighted by Crippen LogP contribution is -2.13. The molecule has 0 unspecified atom stereocenters. The van der Waals surface area contributed by atoms with E-state index < -0.39 is 5.97 Å². The Labute approximate surface area is 106 Å². The molecule has 0 saturated carbocycles. The van der Waals surface area contributed by atoms with E-state index in [9.17, 15) is 4.79 Å². The minimum atomic E-state index is -0.415. The number of ether oxygens (including phenoxy) is 1. The van der Waals surface area contributed by atoms with E-state index in [4.69, 9.17) is 0 Å². The third kappa shape index (κ3) is 3.00. The Balaban J connectivity index is 1.97. The Hall–Kier alpha value is -2.04. The van der Waals surface area contributed by atoms with Crippen LogP contribution in [0.4, 0.5) is 0 Å². The minimum absolute atomic E-state index is 0.0280. The number of carbonyl (C=O) groups excluding carboxylic acids is 1. The summed E-state index contributed by atoms with van der Waals surface area (Å²) < 4.78 is 5.90. The van der Waals surface area contributed by atoms with Gasteiger partial charge in [-0.1, -0.05) is 11.8 Å². The second-order valence-corrected chi connectivity index (χ2v) is 4.12. The number of thioether (sulfide) groups is 1. The largest absolute Gasteiger partial charge is 0.468 e. The molecule has 11 heteroatoms. The molecule has 0 aliphatic carbocycles. The normalized spacial score (nSPS) is 10.6. The first-order valence-electron chi connectivity index (χ1n) is 4.87. The van der Waals surface area contributed by atoms with Gasteiger partial charge in [0, 0.05) is 0 Å². The molecule has 0 fully saturated rings. The van der Waals surface area contributed by atoms with Crippen LogP contribution in [0, 0.1) is 0 Å². The number of carbonyl (C=O) groups is 1. The molecule has 0 aromatic carbocycles. The highest BCUT2D eigenvalue weighted by molar-refractivity contribution is 7.98. The van der Waals surface area contributed by atoms with E-state index in [1.165, 1.54) is 28.3 Å². The van der Waals surface area contributed by atoms with Crippen molar-refractivity contribution in [2.45, 2.75) is 17.5 Å². The van der Waals surface area contributed by atoms with Gasteiger partial charge in [-0.3, -0.25) is 4.79 Å². The Morgan fingerprint density at radius 1 is 1.39 bits per heavy atom. The molecule has 0 aliphatic heterocycles. The van der Waals surface area contributed by atoms with Crippen LogP contribution in [0.25, 0.3) is 0 Å². The van der Waals surface area contributed by atoms with Crippen molar-refractivity contribution in [3.8, 4) is 0 Å². The summed E-state index contributed by atoms with van der Waals surface area (Å²) in [4.78, 5) is 12.5. The molecule has 10 nitrogen and oxygen atoms in total.